The lowest BCUT2D eigenvalue weighted by atomic mass is 10.1. The first-order chi connectivity index (χ1) is 7.91. The van der Waals surface area contributed by atoms with E-state index >= 15 is 0 Å². The van der Waals surface area contributed by atoms with Crippen LogP contribution in [0.2, 0.25) is 0 Å². The first kappa shape index (κ1) is 12.8. The fraction of sp³-hybridized carbons (Fsp3) is 0.273. The van der Waals surface area contributed by atoms with Gasteiger partial charge >= 0.3 is 0 Å². The summed E-state index contributed by atoms with van der Waals surface area (Å²) in [6.07, 6.45) is 0. The SMILES string of the molecule is CC(=O)N/N=C(\C)c1ccc(C)c([N+](=O)[O-])c1. The van der Waals surface area contributed by atoms with Gasteiger partial charge in [0.15, 0.2) is 0 Å². The fourth-order valence-electron chi connectivity index (χ4n) is 1.26. The number of carbonyl (C=O) groups is 1. The lowest BCUT2D eigenvalue weighted by Crippen LogP contribution is -2.15. The number of hydrogen-bond acceptors (Lipinski definition) is 4. The summed E-state index contributed by atoms with van der Waals surface area (Å²) in [5, 5.41) is 14.6. The number of nitrogens with one attached hydrogen (secondary N) is 1. The summed E-state index contributed by atoms with van der Waals surface area (Å²) in [4.78, 5) is 21.0. The van der Waals surface area contributed by atoms with E-state index in [2.05, 4.69) is 10.5 Å². The smallest absolute Gasteiger partial charge is 0.272 e. The molecule has 0 aliphatic heterocycles. The van der Waals surface area contributed by atoms with Gasteiger partial charge in [-0.1, -0.05) is 12.1 Å². The number of benzene rings is 1. The Kier molecular flexibility index (Phi) is 3.92. The maximum absolute atomic E-state index is 10.8. The second kappa shape index (κ2) is 5.20. The van der Waals surface area contributed by atoms with E-state index < -0.39 is 4.92 Å². The van der Waals surface area contributed by atoms with E-state index in [1.54, 1.807) is 26.0 Å². The average molecular weight is 235 g/mol. The van der Waals surface area contributed by atoms with Gasteiger partial charge in [-0.2, -0.15) is 5.10 Å². The first-order valence-electron chi connectivity index (χ1n) is 4.98. The third kappa shape index (κ3) is 3.37. The number of hydrazone groups is 1. The van der Waals surface area contributed by atoms with Crippen LogP contribution in [0.3, 0.4) is 0 Å². The van der Waals surface area contributed by atoms with Crippen molar-refractivity contribution in [3.63, 3.8) is 0 Å². The summed E-state index contributed by atoms with van der Waals surface area (Å²) in [6.45, 7) is 4.68. The zero-order chi connectivity index (χ0) is 13.0. The Bertz CT molecular complexity index is 495. The summed E-state index contributed by atoms with van der Waals surface area (Å²) in [5.41, 5.74) is 4.04. The van der Waals surface area contributed by atoms with E-state index in [0.717, 1.165) is 0 Å². The van der Waals surface area contributed by atoms with Gasteiger partial charge in [-0.25, -0.2) is 5.43 Å². The number of nitro benzene ring substituents is 1. The summed E-state index contributed by atoms with van der Waals surface area (Å²) in [7, 11) is 0. The molecule has 0 saturated carbocycles. The van der Waals surface area contributed by atoms with E-state index in [9.17, 15) is 14.9 Å². The van der Waals surface area contributed by atoms with Gasteiger partial charge in [0, 0.05) is 24.1 Å². The molecule has 0 aliphatic carbocycles. The average Bonchev–Trinajstić information content (AvgIpc) is 2.26. The van der Waals surface area contributed by atoms with Crippen molar-refractivity contribution in [2.45, 2.75) is 20.8 Å². The molecule has 0 atom stereocenters. The van der Waals surface area contributed by atoms with Gasteiger partial charge in [-0.05, 0) is 13.8 Å². The van der Waals surface area contributed by atoms with Crippen molar-refractivity contribution in [2.75, 3.05) is 0 Å². The number of nitro groups is 1. The summed E-state index contributed by atoms with van der Waals surface area (Å²) >= 11 is 0. The number of rotatable bonds is 3. The molecule has 0 fully saturated rings. The second-order valence-corrected chi connectivity index (χ2v) is 3.62. The van der Waals surface area contributed by atoms with E-state index in [4.69, 9.17) is 0 Å². The van der Waals surface area contributed by atoms with Gasteiger partial charge in [0.05, 0.1) is 10.6 Å². The predicted octanol–water partition coefficient (Wildman–Crippen LogP) is 1.76. The van der Waals surface area contributed by atoms with Gasteiger partial charge in [-0.15, -0.1) is 0 Å². The van der Waals surface area contributed by atoms with Gasteiger partial charge in [0.25, 0.3) is 5.69 Å². The number of carbonyl (C=O) groups excluding carboxylic acids is 1. The van der Waals surface area contributed by atoms with Gasteiger partial charge in [0.2, 0.25) is 5.91 Å². The monoisotopic (exact) mass is 235 g/mol. The lowest BCUT2D eigenvalue weighted by molar-refractivity contribution is -0.385. The number of aryl methyl sites for hydroxylation is 1. The van der Waals surface area contributed by atoms with Crippen LogP contribution in [0.4, 0.5) is 5.69 Å². The van der Waals surface area contributed by atoms with Crippen LogP contribution in [-0.4, -0.2) is 16.5 Å². The molecule has 0 aliphatic rings. The first-order valence-corrected chi connectivity index (χ1v) is 4.98. The molecule has 6 heteroatoms. The minimum absolute atomic E-state index is 0.0416. The third-order valence-corrected chi connectivity index (χ3v) is 2.20. The Balaban J connectivity index is 3.07. The van der Waals surface area contributed by atoms with Crippen molar-refractivity contribution in [3.8, 4) is 0 Å². The number of hydrogen-bond donors (Lipinski definition) is 1. The van der Waals surface area contributed by atoms with Crippen molar-refractivity contribution in [2.24, 2.45) is 5.10 Å². The van der Waals surface area contributed by atoms with Crippen LogP contribution in [0, 0.1) is 17.0 Å². The molecule has 17 heavy (non-hydrogen) atoms. The van der Waals surface area contributed by atoms with Crippen molar-refractivity contribution < 1.29 is 9.72 Å². The molecule has 0 unspecified atom stereocenters. The second-order valence-electron chi connectivity index (χ2n) is 3.62. The Morgan fingerprint density at radius 1 is 1.41 bits per heavy atom. The summed E-state index contributed by atoms with van der Waals surface area (Å²) in [5.74, 6) is -0.286. The quantitative estimate of drug-likeness (QED) is 0.492. The molecule has 0 aromatic heterocycles. The fourth-order valence-corrected chi connectivity index (χ4v) is 1.26. The number of amides is 1. The number of nitrogens with zero attached hydrogens (tertiary/aromatic N) is 2. The van der Waals surface area contributed by atoms with Crippen molar-refractivity contribution in [1.29, 1.82) is 0 Å². The Morgan fingerprint density at radius 2 is 2.06 bits per heavy atom. The van der Waals surface area contributed by atoms with E-state index in [1.807, 2.05) is 0 Å². The Morgan fingerprint density at radius 3 is 2.59 bits per heavy atom. The van der Waals surface area contributed by atoms with Crippen molar-refractivity contribution >= 4 is 17.3 Å². The molecule has 1 amide bonds. The van der Waals surface area contributed by atoms with Crippen LogP contribution < -0.4 is 5.43 Å². The zero-order valence-electron chi connectivity index (χ0n) is 9.85. The lowest BCUT2D eigenvalue weighted by Gasteiger charge is -2.03. The van der Waals surface area contributed by atoms with Gasteiger partial charge < -0.3 is 0 Å². The van der Waals surface area contributed by atoms with Crippen LogP contribution in [0.25, 0.3) is 0 Å². The molecular formula is C11H13N3O3. The highest BCUT2D eigenvalue weighted by atomic mass is 16.6. The van der Waals surface area contributed by atoms with Gasteiger partial charge in [-0.3, -0.25) is 14.9 Å². The maximum atomic E-state index is 10.8. The molecule has 1 rings (SSSR count). The minimum Gasteiger partial charge on any atom is -0.274 e. The summed E-state index contributed by atoms with van der Waals surface area (Å²) in [6, 6.07) is 4.82. The van der Waals surface area contributed by atoms with Crippen molar-refractivity contribution in [3.05, 3.63) is 39.4 Å². The molecule has 0 bridgehead atoms. The highest BCUT2D eigenvalue weighted by molar-refractivity contribution is 5.99. The standard InChI is InChI=1S/C11H13N3O3/c1-7-4-5-10(6-11(7)14(16)17)8(2)12-13-9(3)15/h4-6H,1-3H3,(H,13,15)/b12-8+. The zero-order valence-corrected chi connectivity index (χ0v) is 9.85. The van der Waals surface area contributed by atoms with Crippen LogP contribution in [0.15, 0.2) is 23.3 Å². The molecule has 0 saturated heterocycles. The molecule has 90 valence electrons. The highest BCUT2D eigenvalue weighted by Gasteiger charge is 2.12. The normalized spacial score (nSPS) is 11.1. The maximum Gasteiger partial charge on any atom is 0.272 e. The Labute approximate surface area is 98.5 Å². The van der Waals surface area contributed by atoms with Crippen LogP contribution >= 0.6 is 0 Å². The molecule has 1 N–H and O–H groups in total. The molecule has 0 radical (unpaired) electrons. The predicted molar refractivity (Wildman–Crippen MR) is 63.9 cm³/mol. The summed E-state index contributed by atoms with van der Waals surface area (Å²) < 4.78 is 0. The van der Waals surface area contributed by atoms with E-state index in [1.165, 1.54) is 13.0 Å². The largest absolute Gasteiger partial charge is 0.274 e. The Hall–Kier alpha value is -2.24. The van der Waals surface area contributed by atoms with E-state index in [0.29, 0.717) is 16.8 Å². The molecule has 1 aromatic carbocycles. The minimum atomic E-state index is -0.440. The third-order valence-electron chi connectivity index (χ3n) is 2.20. The molecule has 0 spiro atoms. The van der Waals surface area contributed by atoms with Crippen LogP contribution in [0.5, 0.6) is 0 Å². The molecule has 0 heterocycles. The molecule has 6 nitrogen and oxygen atoms in total. The molecule has 1 aromatic rings. The molecular weight excluding hydrogens is 222 g/mol. The topological polar surface area (TPSA) is 84.6 Å². The van der Waals surface area contributed by atoms with Crippen molar-refractivity contribution in [1.82, 2.24) is 5.43 Å². The van der Waals surface area contributed by atoms with Crippen LogP contribution in [-0.2, 0) is 4.79 Å². The van der Waals surface area contributed by atoms with Crippen LogP contribution in [0.1, 0.15) is 25.0 Å². The van der Waals surface area contributed by atoms with E-state index in [-0.39, 0.29) is 11.6 Å². The van der Waals surface area contributed by atoms with Gasteiger partial charge in [0.1, 0.15) is 0 Å². The highest BCUT2D eigenvalue weighted by Crippen LogP contribution is 2.19.